The molecule has 0 spiro atoms. The molecule has 1 amide bonds. The highest BCUT2D eigenvalue weighted by Crippen LogP contribution is 2.15. The number of carbonyl (C=O) groups is 1. The smallest absolute Gasteiger partial charge is 0.219 e. The normalized spacial score (nSPS) is 19.8. The Kier molecular flexibility index (Phi) is 6.60. The van der Waals surface area contributed by atoms with E-state index in [9.17, 15) is 9.90 Å². The predicted molar refractivity (Wildman–Crippen MR) is 70.4 cm³/mol. The first-order valence-corrected chi connectivity index (χ1v) is 6.76. The first kappa shape index (κ1) is 15.4. The first-order chi connectivity index (χ1) is 8.54. The Labute approximate surface area is 110 Å². The highest BCUT2D eigenvalue weighted by molar-refractivity contribution is 5.73. The van der Waals surface area contributed by atoms with Gasteiger partial charge < -0.3 is 19.6 Å². The van der Waals surface area contributed by atoms with Crippen molar-refractivity contribution in [3.05, 3.63) is 0 Å². The van der Waals surface area contributed by atoms with E-state index in [-0.39, 0.29) is 5.91 Å². The van der Waals surface area contributed by atoms with Crippen molar-refractivity contribution >= 4 is 5.91 Å². The molecule has 1 fully saturated rings. The molecule has 0 aromatic rings. The Morgan fingerprint density at radius 1 is 1.50 bits per heavy atom. The number of rotatable bonds is 6. The topological polar surface area (TPSA) is 53.0 Å². The number of hydrogen-bond donors (Lipinski definition) is 1. The van der Waals surface area contributed by atoms with Gasteiger partial charge in [-0.1, -0.05) is 0 Å². The largest absolute Gasteiger partial charge is 0.389 e. The van der Waals surface area contributed by atoms with Crippen LogP contribution in [-0.4, -0.2) is 72.9 Å². The number of aliphatic hydroxyl groups is 1. The fraction of sp³-hybridized carbons (Fsp3) is 0.923. The monoisotopic (exact) mass is 258 g/mol. The Morgan fingerprint density at radius 3 is 2.61 bits per heavy atom. The van der Waals surface area contributed by atoms with Gasteiger partial charge in [-0.05, 0) is 19.8 Å². The predicted octanol–water partition coefficient (Wildman–Crippen LogP) is 0.327. The zero-order chi connectivity index (χ0) is 13.5. The lowest BCUT2D eigenvalue weighted by atomic mass is 10.0. The van der Waals surface area contributed by atoms with E-state index in [1.165, 1.54) is 0 Å². The molecule has 0 aromatic heterocycles. The minimum Gasteiger partial charge on any atom is -0.389 e. The lowest BCUT2D eigenvalue weighted by Gasteiger charge is -2.37. The fourth-order valence-corrected chi connectivity index (χ4v) is 2.35. The van der Waals surface area contributed by atoms with E-state index < -0.39 is 6.10 Å². The van der Waals surface area contributed by atoms with Crippen LogP contribution in [0.1, 0.15) is 26.7 Å². The third-order valence-electron chi connectivity index (χ3n) is 3.58. The summed E-state index contributed by atoms with van der Waals surface area (Å²) in [5.41, 5.74) is 0. The van der Waals surface area contributed by atoms with E-state index in [1.54, 1.807) is 6.92 Å². The van der Waals surface area contributed by atoms with E-state index in [0.717, 1.165) is 25.9 Å². The van der Waals surface area contributed by atoms with Crippen LogP contribution in [0.5, 0.6) is 0 Å². The van der Waals surface area contributed by atoms with Gasteiger partial charge in [-0.15, -0.1) is 0 Å². The van der Waals surface area contributed by atoms with Crippen molar-refractivity contribution in [2.45, 2.75) is 38.8 Å². The van der Waals surface area contributed by atoms with Gasteiger partial charge in [-0.2, -0.15) is 0 Å². The molecule has 1 N–H and O–H groups in total. The van der Waals surface area contributed by atoms with Crippen LogP contribution >= 0.6 is 0 Å². The van der Waals surface area contributed by atoms with E-state index >= 15 is 0 Å². The van der Waals surface area contributed by atoms with Crippen molar-refractivity contribution in [2.75, 3.05) is 39.9 Å². The van der Waals surface area contributed by atoms with Crippen LogP contribution in [0.4, 0.5) is 0 Å². The molecule has 1 rings (SSSR count). The van der Waals surface area contributed by atoms with Gasteiger partial charge in [0.1, 0.15) is 0 Å². The van der Waals surface area contributed by atoms with Crippen molar-refractivity contribution in [1.29, 1.82) is 0 Å². The van der Waals surface area contributed by atoms with E-state index in [1.807, 2.05) is 18.9 Å². The second-order valence-electron chi connectivity index (χ2n) is 4.97. The van der Waals surface area contributed by atoms with Crippen molar-refractivity contribution in [1.82, 2.24) is 9.80 Å². The molecule has 5 nitrogen and oxygen atoms in total. The van der Waals surface area contributed by atoms with Crippen LogP contribution < -0.4 is 0 Å². The van der Waals surface area contributed by atoms with E-state index in [2.05, 4.69) is 4.90 Å². The quantitative estimate of drug-likeness (QED) is 0.746. The number of likely N-dealkylation sites (tertiary alicyclic amines) is 1. The Morgan fingerprint density at radius 2 is 2.11 bits per heavy atom. The van der Waals surface area contributed by atoms with Gasteiger partial charge in [0, 0.05) is 46.3 Å². The molecule has 1 aliphatic rings. The molecule has 0 bridgehead atoms. The van der Waals surface area contributed by atoms with Crippen LogP contribution in [0.25, 0.3) is 0 Å². The number of nitrogens with zero attached hydrogens (tertiary/aromatic N) is 2. The SMILES string of the molecule is CCOCC(O)CN1CCC(N(C)C(C)=O)CC1. The van der Waals surface area contributed by atoms with Crippen LogP contribution in [0.15, 0.2) is 0 Å². The summed E-state index contributed by atoms with van der Waals surface area (Å²) in [5, 5.41) is 9.76. The number of piperidine rings is 1. The zero-order valence-electron chi connectivity index (χ0n) is 11.8. The number of carbonyl (C=O) groups excluding carboxylic acids is 1. The summed E-state index contributed by atoms with van der Waals surface area (Å²) in [4.78, 5) is 15.3. The van der Waals surface area contributed by atoms with Crippen LogP contribution in [0, 0.1) is 0 Å². The van der Waals surface area contributed by atoms with Gasteiger partial charge in [0.2, 0.25) is 5.91 Å². The third kappa shape index (κ3) is 4.92. The van der Waals surface area contributed by atoms with Crippen molar-refractivity contribution in [3.8, 4) is 0 Å². The first-order valence-electron chi connectivity index (χ1n) is 6.76. The average Bonchev–Trinajstić information content (AvgIpc) is 2.36. The second-order valence-corrected chi connectivity index (χ2v) is 4.97. The molecular weight excluding hydrogens is 232 g/mol. The Bertz CT molecular complexity index is 253. The minimum absolute atomic E-state index is 0.129. The third-order valence-corrected chi connectivity index (χ3v) is 3.58. The molecule has 1 unspecified atom stereocenters. The zero-order valence-corrected chi connectivity index (χ0v) is 11.8. The molecule has 1 aliphatic heterocycles. The Balaban J connectivity index is 2.24. The summed E-state index contributed by atoms with van der Waals surface area (Å²) in [6.07, 6.45) is 1.56. The van der Waals surface area contributed by atoms with Gasteiger partial charge >= 0.3 is 0 Å². The van der Waals surface area contributed by atoms with Gasteiger partial charge in [0.25, 0.3) is 0 Å². The van der Waals surface area contributed by atoms with Gasteiger partial charge in [0.15, 0.2) is 0 Å². The number of aliphatic hydroxyl groups excluding tert-OH is 1. The molecule has 0 radical (unpaired) electrons. The average molecular weight is 258 g/mol. The highest BCUT2D eigenvalue weighted by atomic mass is 16.5. The highest BCUT2D eigenvalue weighted by Gasteiger charge is 2.24. The van der Waals surface area contributed by atoms with Gasteiger partial charge in [-0.3, -0.25) is 4.79 Å². The summed E-state index contributed by atoms with van der Waals surface area (Å²) >= 11 is 0. The maximum Gasteiger partial charge on any atom is 0.219 e. The molecule has 1 heterocycles. The van der Waals surface area contributed by atoms with Crippen LogP contribution in [0.2, 0.25) is 0 Å². The number of amides is 1. The maximum atomic E-state index is 11.3. The van der Waals surface area contributed by atoms with Crippen LogP contribution in [0.3, 0.4) is 0 Å². The van der Waals surface area contributed by atoms with Crippen LogP contribution in [-0.2, 0) is 9.53 Å². The summed E-state index contributed by atoms with van der Waals surface area (Å²) in [6.45, 7) is 7.12. The standard InChI is InChI=1S/C13H26N2O3/c1-4-18-10-13(17)9-15-7-5-12(6-8-15)14(3)11(2)16/h12-13,17H,4-10H2,1-3H3. The van der Waals surface area contributed by atoms with Crippen molar-refractivity contribution in [3.63, 3.8) is 0 Å². The number of β-amino-alcohol motifs (C(OH)–C–C–N with tert-alkyl or cyclic N) is 1. The van der Waals surface area contributed by atoms with E-state index in [0.29, 0.717) is 25.8 Å². The van der Waals surface area contributed by atoms with Gasteiger partial charge in [-0.25, -0.2) is 0 Å². The molecule has 0 saturated carbocycles. The maximum absolute atomic E-state index is 11.3. The lowest BCUT2D eigenvalue weighted by molar-refractivity contribution is -0.130. The molecular formula is C13H26N2O3. The van der Waals surface area contributed by atoms with Crippen molar-refractivity contribution < 1.29 is 14.6 Å². The molecule has 0 aliphatic carbocycles. The van der Waals surface area contributed by atoms with E-state index in [4.69, 9.17) is 4.74 Å². The summed E-state index contributed by atoms with van der Waals surface area (Å²) in [6, 6.07) is 0.350. The fourth-order valence-electron chi connectivity index (χ4n) is 2.35. The molecule has 5 heteroatoms. The molecule has 1 atom stereocenters. The summed E-state index contributed by atoms with van der Waals surface area (Å²) in [7, 11) is 1.87. The summed E-state index contributed by atoms with van der Waals surface area (Å²) in [5.74, 6) is 0.129. The molecule has 18 heavy (non-hydrogen) atoms. The number of ether oxygens (including phenoxy) is 1. The molecule has 0 aromatic carbocycles. The lowest BCUT2D eigenvalue weighted by Crippen LogP contribution is -2.47. The van der Waals surface area contributed by atoms with Gasteiger partial charge in [0.05, 0.1) is 12.7 Å². The number of hydrogen-bond acceptors (Lipinski definition) is 4. The minimum atomic E-state index is -0.410. The molecule has 1 saturated heterocycles. The summed E-state index contributed by atoms with van der Waals surface area (Å²) < 4.78 is 5.20. The Hall–Kier alpha value is -0.650. The second kappa shape index (κ2) is 7.71. The van der Waals surface area contributed by atoms with Crippen molar-refractivity contribution in [2.24, 2.45) is 0 Å². The molecule has 106 valence electrons.